The highest BCUT2D eigenvalue weighted by atomic mass is 35.5. The highest BCUT2D eigenvalue weighted by Crippen LogP contribution is 2.27. The Morgan fingerprint density at radius 1 is 1.11 bits per heavy atom. The topological polar surface area (TPSA) is 132 Å². The number of hydrogen-bond donors (Lipinski definition) is 1. The van der Waals surface area contributed by atoms with Crippen LogP contribution in [-0.2, 0) is 11.8 Å². The Morgan fingerprint density at radius 2 is 1.87 bits per heavy atom. The summed E-state index contributed by atoms with van der Waals surface area (Å²) in [5.41, 5.74) is 1.68. The number of aromatic nitrogens is 5. The van der Waals surface area contributed by atoms with E-state index in [9.17, 15) is 9.59 Å². The van der Waals surface area contributed by atoms with Gasteiger partial charge in [-0.25, -0.2) is 14.8 Å². The molecule has 5 heterocycles. The van der Waals surface area contributed by atoms with Gasteiger partial charge in [-0.05, 0) is 32.9 Å². The number of ether oxygens (including phenoxy) is 1. The van der Waals surface area contributed by atoms with Crippen LogP contribution in [0.25, 0.3) is 22.5 Å². The second-order valence-electron chi connectivity index (χ2n) is 9.86. The lowest BCUT2D eigenvalue weighted by Crippen LogP contribution is -2.50. The highest BCUT2D eigenvalue weighted by Gasteiger charge is 2.28. The zero-order valence-electron chi connectivity index (χ0n) is 21.4. The Morgan fingerprint density at radius 3 is 2.55 bits per heavy atom. The van der Waals surface area contributed by atoms with Crippen LogP contribution in [0.2, 0.25) is 5.15 Å². The van der Waals surface area contributed by atoms with Gasteiger partial charge in [-0.1, -0.05) is 17.7 Å². The summed E-state index contributed by atoms with van der Waals surface area (Å²) in [7, 11) is 1.82. The van der Waals surface area contributed by atoms with Crippen LogP contribution in [-0.4, -0.2) is 73.4 Å². The van der Waals surface area contributed by atoms with Crippen LogP contribution in [0.3, 0.4) is 0 Å². The van der Waals surface area contributed by atoms with Gasteiger partial charge in [0.1, 0.15) is 16.6 Å². The minimum Gasteiger partial charge on any atom is -0.444 e. The van der Waals surface area contributed by atoms with Crippen molar-refractivity contribution in [2.24, 2.45) is 7.05 Å². The molecule has 1 saturated heterocycles. The van der Waals surface area contributed by atoms with Gasteiger partial charge in [0.2, 0.25) is 5.65 Å². The van der Waals surface area contributed by atoms with Crippen LogP contribution in [0.5, 0.6) is 0 Å². The van der Waals surface area contributed by atoms with E-state index >= 15 is 0 Å². The first-order chi connectivity index (χ1) is 18.1. The number of piperazine rings is 1. The van der Waals surface area contributed by atoms with Gasteiger partial charge in [-0.3, -0.25) is 9.48 Å². The molecule has 0 bridgehead atoms. The summed E-state index contributed by atoms with van der Waals surface area (Å²) in [5, 5.41) is 6.90. The van der Waals surface area contributed by atoms with Crippen molar-refractivity contribution < 1.29 is 18.7 Å². The predicted molar refractivity (Wildman–Crippen MR) is 141 cm³/mol. The fourth-order valence-electron chi connectivity index (χ4n) is 3.93. The van der Waals surface area contributed by atoms with Crippen molar-refractivity contribution >= 4 is 46.7 Å². The number of carbonyl (C=O) groups is 2. The molecule has 13 heteroatoms. The van der Waals surface area contributed by atoms with Gasteiger partial charge in [-0.15, -0.1) is 0 Å². The molecule has 198 valence electrons. The number of anilines is 2. The zero-order chi connectivity index (χ0) is 27.0. The Labute approximate surface area is 223 Å². The van der Waals surface area contributed by atoms with Crippen molar-refractivity contribution in [2.45, 2.75) is 26.4 Å². The number of amides is 2. The minimum atomic E-state index is -0.554. The van der Waals surface area contributed by atoms with Crippen molar-refractivity contribution in [1.82, 2.24) is 29.6 Å². The second-order valence-corrected chi connectivity index (χ2v) is 10.2. The van der Waals surface area contributed by atoms with E-state index < -0.39 is 11.5 Å². The van der Waals surface area contributed by atoms with E-state index in [1.165, 1.54) is 6.07 Å². The Balaban J connectivity index is 1.29. The van der Waals surface area contributed by atoms with Crippen molar-refractivity contribution in [3.8, 4) is 11.3 Å². The number of carbonyl (C=O) groups excluding carboxylic acids is 2. The van der Waals surface area contributed by atoms with Crippen LogP contribution in [0.15, 0.2) is 41.1 Å². The summed E-state index contributed by atoms with van der Waals surface area (Å²) in [6, 6.07) is 7.16. The van der Waals surface area contributed by atoms with E-state index in [-0.39, 0.29) is 22.5 Å². The largest absolute Gasteiger partial charge is 0.444 e. The summed E-state index contributed by atoms with van der Waals surface area (Å²) in [4.78, 5) is 42.1. The number of oxazole rings is 1. The van der Waals surface area contributed by atoms with Crippen LogP contribution in [0.4, 0.5) is 16.6 Å². The van der Waals surface area contributed by atoms with E-state index in [4.69, 9.17) is 20.8 Å². The standard InChI is InChI=1S/C25H27ClN8O4/c1-25(2,3)38-24(36)34-10-8-33(9-11-34)23-31-21-18(37-23)12-16(20(26)30-21)22(35)29-19-7-5-6-17(28-19)15-13-27-32(4)14-15/h5-7,12-14H,8-11H2,1-4H3,(H,28,29,35). The SMILES string of the molecule is Cn1cc(-c2cccc(NC(=O)c3cc4oc(N5CCN(C(=O)OC(C)(C)C)CC5)nc4nc3Cl)n2)cn1. The third kappa shape index (κ3) is 5.54. The zero-order valence-corrected chi connectivity index (χ0v) is 22.2. The van der Waals surface area contributed by atoms with E-state index in [1.807, 2.05) is 45.0 Å². The van der Waals surface area contributed by atoms with Gasteiger partial charge in [0.05, 0.1) is 17.5 Å². The monoisotopic (exact) mass is 538 g/mol. The van der Waals surface area contributed by atoms with E-state index in [0.717, 1.165) is 5.56 Å². The number of rotatable bonds is 4. The molecule has 0 aromatic carbocycles. The average Bonchev–Trinajstić information content (AvgIpc) is 3.48. The minimum absolute atomic E-state index is 0.00647. The molecule has 4 aromatic heterocycles. The lowest BCUT2D eigenvalue weighted by Gasteiger charge is -2.34. The van der Waals surface area contributed by atoms with Crippen molar-refractivity contribution in [3.63, 3.8) is 0 Å². The fraction of sp³-hybridized carbons (Fsp3) is 0.360. The van der Waals surface area contributed by atoms with Crippen molar-refractivity contribution in [3.05, 3.63) is 47.4 Å². The predicted octanol–water partition coefficient (Wildman–Crippen LogP) is 3.98. The van der Waals surface area contributed by atoms with Crippen LogP contribution >= 0.6 is 11.6 Å². The maximum atomic E-state index is 13.0. The third-order valence-corrected chi connectivity index (χ3v) is 6.05. The molecule has 38 heavy (non-hydrogen) atoms. The van der Waals surface area contributed by atoms with Crippen LogP contribution in [0, 0.1) is 0 Å². The number of hydrogen-bond acceptors (Lipinski definition) is 9. The molecule has 2 amide bonds. The molecule has 1 aliphatic rings. The summed E-state index contributed by atoms with van der Waals surface area (Å²) >= 11 is 6.34. The molecule has 0 aliphatic carbocycles. The van der Waals surface area contributed by atoms with Gasteiger partial charge < -0.3 is 24.3 Å². The lowest BCUT2D eigenvalue weighted by atomic mass is 10.2. The van der Waals surface area contributed by atoms with E-state index in [0.29, 0.717) is 49.3 Å². The molecular weight excluding hydrogens is 512 g/mol. The fourth-order valence-corrected chi connectivity index (χ4v) is 4.15. The molecule has 0 unspecified atom stereocenters. The number of aryl methyl sites for hydroxylation is 1. The maximum absolute atomic E-state index is 13.0. The van der Waals surface area contributed by atoms with Crippen LogP contribution < -0.4 is 10.2 Å². The molecule has 4 aromatic rings. The summed E-state index contributed by atoms with van der Waals surface area (Å²) in [6.45, 7) is 7.44. The molecule has 1 aliphatic heterocycles. The van der Waals surface area contributed by atoms with Crippen molar-refractivity contribution in [1.29, 1.82) is 0 Å². The molecule has 1 N–H and O–H groups in total. The summed E-state index contributed by atoms with van der Waals surface area (Å²) < 4.78 is 13.0. The molecular formula is C25H27ClN8O4. The average molecular weight is 539 g/mol. The third-order valence-electron chi connectivity index (χ3n) is 5.76. The number of nitrogens with one attached hydrogen (secondary N) is 1. The maximum Gasteiger partial charge on any atom is 0.410 e. The summed E-state index contributed by atoms with van der Waals surface area (Å²) in [5.74, 6) is -0.127. The first-order valence-corrected chi connectivity index (χ1v) is 12.4. The number of nitrogens with zero attached hydrogens (tertiary/aromatic N) is 7. The Kier molecular flexibility index (Phi) is 6.66. The molecule has 12 nitrogen and oxygen atoms in total. The second kappa shape index (κ2) is 9.93. The molecule has 0 spiro atoms. The quantitative estimate of drug-likeness (QED) is 0.383. The number of fused-ring (bicyclic) bond motifs is 1. The van der Waals surface area contributed by atoms with E-state index in [2.05, 4.69) is 25.4 Å². The Hall–Kier alpha value is -4.19. The molecule has 0 saturated carbocycles. The van der Waals surface area contributed by atoms with Gasteiger partial charge in [0.15, 0.2) is 5.58 Å². The summed E-state index contributed by atoms with van der Waals surface area (Å²) in [6.07, 6.45) is 3.18. The van der Waals surface area contributed by atoms with Crippen molar-refractivity contribution in [2.75, 3.05) is 36.4 Å². The van der Waals surface area contributed by atoms with Gasteiger partial charge in [-0.2, -0.15) is 10.1 Å². The smallest absolute Gasteiger partial charge is 0.410 e. The normalized spacial score (nSPS) is 14.1. The highest BCUT2D eigenvalue weighted by molar-refractivity contribution is 6.33. The molecule has 1 fully saturated rings. The first kappa shape index (κ1) is 25.5. The van der Waals surface area contributed by atoms with Gasteiger partial charge >= 0.3 is 6.09 Å². The van der Waals surface area contributed by atoms with E-state index in [1.54, 1.807) is 27.9 Å². The Bertz CT molecular complexity index is 1500. The van der Waals surface area contributed by atoms with Gasteiger partial charge in [0, 0.05) is 51.1 Å². The first-order valence-electron chi connectivity index (χ1n) is 12.0. The number of pyridine rings is 2. The van der Waals surface area contributed by atoms with Gasteiger partial charge in [0.25, 0.3) is 11.9 Å². The molecule has 5 rings (SSSR count). The molecule has 0 radical (unpaired) electrons. The lowest BCUT2D eigenvalue weighted by molar-refractivity contribution is 0.0239. The molecule has 0 atom stereocenters. The number of halogens is 1. The van der Waals surface area contributed by atoms with Crippen LogP contribution in [0.1, 0.15) is 31.1 Å².